The Kier molecular flexibility index (Phi) is 3.11. The van der Waals surface area contributed by atoms with Crippen molar-refractivity contribution < 1.29 is 29.7 Å². The Morgan fingerprint density at radius 1 is 0.889 bits per heavy atom. The molecule has 5 unspecified atom stereocenters. The third-order valence-corrected chi connectivity index (χ3v) is 3.98. The van der Waals surface area contributed by atoms with Gasteiger partial charge in [0.1, 0.15) is 0 Å². The first-order valence-electron chi connectivity index (χ1n) is 5.78. The van der Waals surface area contributed by atoms with E-state index >= 15 is 0 Å². The third kappa shape index (κ3) is 1.98. The van der Waals surface area contributed by atoms with Crippen LogP contribution >= 0.6 is 0 Å². The summed E-state index contributed by atoms with van der Waals surface area (Å²) in [6, 6.07) is 0. The van der Waals surface area contributed by atoms with Gasteiger partial charge in [-0.15, -0.1) is 0 Å². The molecule has 6 nitrogen and oxygen atoms in total. The minimum absolute atomic E-state index is 0.115. The smallest absolute Gasteiger partial charge is 0.310 e. The maximum atomic E-state index is 11.2. The molecular weight excluding hydrogens is 240 g/mol. The van der Waals surface area contributed by atoms with Crippen molar-refractivity contribution in [3.8, 4) is 0 Å². The van der Waals surface area contributed by atoms with Crippen LogP contribution in [0.25, 0.3) is 0 Å². The number of aliphatic carboxylic acids is 3. The molecule has 2 rings (SSSR count). The van der Waals surface area contributed by atoms with E-state index in [1.165, 1.54) is 6.08 Å². The predicted octanol–water partition coefficient (Wildman–Crippen LogP) is 0.685. The van der Waals surface area contributed by atoms with E-state index in [2.05, 4.69) is 0 Å². The lowest BCUT2D eigenvalue weighted by Gasteiger charge is -2.42. The van der Waals surface area contributed by atoms with E-state index in [0.717, 1.165) is 0 Å². The molecule has 0 spiro atoms. The average molecular weight is 254 g/mol. The van der Waals surface area contributed by atoms with Gasteiger partial charge in [-0.1, -0.05) is 12.2 Å². The number of allylic oxidation sites excluding steroid dienone is 1. The van der Waals surface area contributed by atoms with Gasteiger partial charge < -0.3 is 15.3 Å². The molecular formula is C12H14O6. The van der Waals surface area contributed by atoms with Crippen LogP contribution in [0.4, 0.5) is 0 Å². The SMILES string of the molecule is O=C(O)C1CC2C=CC(C(=O)O)C(C1)C2C(=O)O. The van der Waals surface area contributed by atoms with Gasteiger partial charge in [0.25, 0.3) is 0 Å². The molecule has 2 bridgehead atoms. The molecule has 6 heteroatoms. The number of carboxylic acid groups (broad SMARTS) is 3. The first-order valence-corrected chi connectivity index (χ1v) is 5.78. The van der Waals surface area contributed by atoms with E-state index in [9.17, 15) is 19.5 Å². The van der Waals surface area contributed by atoms with Gasteiger partial charge in [-0.2, -0.15) is 0 Å². The predicted molar refractivity (Wildman–Crippen MR) is 58.7 cm³/mol. The Hall–Kier alpha value is -1.85. The van der Waals surface area contributed by atoms with Crippen molar-refractivity contribution in [3.63, 3.8) is 0 Å². The maximum Gasteiger partial charge on any atom is 0.310 e. The highest BCUT2D eigenvalue weighted by molar-refractivity contribution is 5.78. The average Bonchev–Trinajstić information content (AvgIpc) is 2.26. The second-order valence-corrected chi connectivity index (χ2v) is 4.95. The minimum atomic E-state index is -1.09. The maximum absolute atomic E-state index is 11.2. The molecule has 0 amide bonds. The number of carbonyl (C=O) groups is 3. The zero-order valence-electron chi connectivity index (χ0n) is 9.52. The van der Waals surface area contributed by atoms with Crippen LogP contribution in [-0.4, -0.2) is 33.2 Å². The molecule has 0 aromatic carbocycles. The molecule has 0 aromatic rings. The standard InChI is InChI=1S/C12H14O6/c13-10(14)6-3-5-1-2-7(11(15)16)8(4-6)9(5)12(17)18/h1-2,5-9H,3-4H2,(H,13,14)(H,15,16)(H,17,18). The van der Waals surface area contributed by atoms with Gasteiger partial charge >= 0.3 is 17.9 Å². The van der Waals surface area contributed by atoms with Crippen LogP contribution in [0.5, 0.6) is 0 Å². The molecule has 1 fully saturated rings. The van der Waals surface area contributed by atoms with Crippen molar-refractivity contribution in [3.05, 3.63) is 12.2 Å². The normalized spacial score (nSPS) is 38.1. The van der Waals surface area contributed by atoms with E-state index in [-0.39, 0.29) is 18.8 Å². The van der Waals surface area contributed by atoms with Crippen molar-refractivity contribution in [2.24, 2.45) is 29.6 Å². The summed E-state index contributed by atoms with van der Waals surface area (Å²) in [5.41, 5.74) is 0. The van der Waals surface area contributed by atoms with E-state index in [1.54, 1.807) is 6.08 Å². The molecule has 0 aliphatic heterocycles. The summed E-state index contributed by atoms with van der Waals surface area (Å²) in [7, 11) is 0. The van der Waals surface area contributed by atoms with Crippen LogP contribution in [0, 0.1) is 29.6 Å². The number of fused-ring (bicyclic) bond motifs is 2. The van der Waals surface area contributed by atoms with Gasteiger partial charge in [-0.3, -0.25) is 14.4 Å². The summed E-state index contributed by atoms with van der Waals surface area (Å²) < 4.78 is 0. The quantitative estimate of drug-likeness (QED) is 0.638. The molecule has 2 aliphatic rings. The second kappa shape index (κ2) is 4.44. The third-order valence-electron chi connectivity index (χ3n) is 3.98. The van der Waals surface area contributed by atoms with Crippen LogP contribution < -0.4 is 0 Å². The Balaban J connectivity index is 2.34. The zero-order valence-corrected chi connectivity index (χ0v) is 9.52. The summed E-state index contributed by atoms with van der Waals surface area (Å²) in [6.07, 6.45) is 3.45. The van der Waals surface area contributed by atoms with Gasteiger partial charge in [0.15, 0.2) is 0 Å². The van der Waals surface area contributed by atoms with Crippen molar-refractivity contribution in [2.75, 3.05) is 0 Å². The Morgan fingerprint density at radius 2 is 1.56 bits per heavy atom. The van der Waals surface area contributed by atoms with Crippen LogP contribution in [-0.2, 0) is 14.4 Å². The van der Waals surface area contributed by atoms with Crippen LogP contribution in [0.1, 0.15) is 12.8 Å². The van der Waals surface area contributed by atoms with Gasteiger partial charge in [-0.05, 0) is 24.7 Å². The topological polar surface area (TPSA) is 112 Å². The minimum Gasteiger partial charge on any atom is -0.481 e. The van der Waals surface area contributed by atoms with Crippen molar-refractivity contribution >= 4 is 17.9 Å². The number of carboxylic acids is 3. The second-order valence-electron chi connectivity index (χ2n) is 4.95. The fourth-order valence-corrected chi connectivity index (χ4v) is 3.17. The Bertz CT molecular complexity index is 426. The fourth-order valence-electron chi connectivity index (χ4n) is 3.17. The van der Waals surface area contributed by atoms with E-state index in [4.69, 9.17) is 10.2 Å². The lowest BCUT2D eigenvalue weighted by atomic mass is 9.60. The summed E-state index contributed by atoms with van der Waals surface area (Å²) in [4.78, 5) is 33.4. The highest BCUT2D eigenvalue weighted by atomic mass is 16.4. The van der Waals surface area contributed by atoms with Crippen LogP contribution in [0.2, 0.25) is 0 Å². The van der Waals surface area contributed by atoms with E-state index < -0.39 is 41.6 Å². The first-order chi connectivity index (χ1) is 8.41. The highest BCUT2D eigenvalue weighted by Gasteiger charge is 2.49. The van der Waals surface area contributed by atoms with Crippen LogP contribution in [0.3, 0.4) is 0 Å². The highest BCUT2D eigenvalue weighted by Crippen LogP contribution is 2.46. The first kappa shape index (κ1) is 12.6. The number of hydrogen-bond donors (Lipinski definition) is 3. The van der Waals surface area contributed by atoms with Gasteiger partial charge in [0.2, 0.25) is 0 Å². The number of rotatable bonds is 3. The molecule has 2 aliphatic carbocycles. The van der Waals surface area contributed by atoms with E-state index in [1.807, 2.05) is 0 Å². The lowest BCUT2D eigenvalue weighted by Crippen LogP contribution is -2.46. The molecule has 18 heavy (non-hydrogen) atoms. The largest absolute Gasteiger partial charge is 0.481 e. The van der Waals surface area contributed by atoms with Gasteiger partial charge in [0.05, 0.1) is 17.8 Å². The Labute approximate surface area is 103 Å². The summed E-state index contributed by atoms with van der Waals surface area (Å²) in [5, 5.41) is 27.3. The zero-order chi connectivity index (χ0) is 13.4. The molecule has 98 valence electrons. The van der Waals surface area contributed by atoms with Gasteiger partial charge in [0, 0.05) is 0 Å². The molecule has 3 N–H and O–H groups in total. The molecule has 1 saturated carbocycles. The van der Waals surface area contributed by atoms with Crippen molar-refractivity contribution in [2.45, 2.75) is 12.8 Å². The van der Waals surface area contributed by atoms with E-state index in [0.29, 0.717) is 0 Å². The monoisotopic (exact) mass is 254 g/mol. The van der Waals surface area contributed by atoms with Crippen LogP contribution in [0.15, 0.2) is 12.2 Å². The Morgan fingerprint density at radius 3 is 2.06 bits per heavy atom. The number of hydrogen-bond acceptors (Lipinski definition) is 3. The molecule has 0 heterocycles. The van der Waals surface area contributed by atoms with Crippen molar-refractivity contribution in [1.29, 1.82) is 0 Å². The van der Waals surface area contributed by atoms with Crippen molar-refractivity contribution in [1.82, 2.24) is 0 Å². The molecule has 5 atom stereocenters. The fraction of sp³-hybridized carbons (Fsp3) is 0.583. The molecule has 0 saturated heterocycles. The summed E-state index contributed by atoms with van der Waals surface area (Å²) >= 11 is 0. The lowest BCUT2D eigenvalue weighted by molar-refractivity contribution is -0.158. The summed E-state index contributed by atoms with van der Waals surface area (Å²) in [5.74, 6) is -6.45. The van der Waals surface area contributed by atoms with Gasteiger partial charge in [-0.25, -0.2) is 0 Å². The molecule has 0 aromatic heterocycles. The summed E-state index contributed by atoms with van der Waals surface area (Å²) in [6.45, 7) is 0. The molecule has 0 radical (unpaired) electrons.